The van der Waals surface area contributed by atoms with Gasteiger partial charge in [-0.05, 0) is 24.3 Å². The molecule has 17 heavy (non-hydrogen) atoms. The predicted molar refractivity (Wildman–Crippen MR) is 75.3 cm³/mol. The van der Waals surface area contributed by atoms with E-state index in [2.05, 4.69) is 40.3 Å². The van der Waals surface area contributed by atoms with Gasteiger partial charge >= 0.3 is 0 Å². The molecule has 0 bridgehead atoms. The Labute approximate surface area is 112 Å². The highest BCUT2D eigenvalue weighted by molar-refractivity contribution is 9.09. The summed E-state index contributed by atoms with van der Waals surface area (Å²) in [5.74, 6) is 0.685. The molecule has 3 heteroatoms. The van der Waals surface area contributed by atoms with E-state index in [-0.39, 0.29) is 5.91 Å². The monoisotopic (exact) mass is 297 g/mol. The van der Waals surface area contributed by atoms with Crippen molar-refractivity contribution in [3.05, 3.63) is 35.9 Å². The van der Waals surface area contributed by atoms with E-state index in [4.69, 9.17) is 0 Å². The molecule has 1 aromatic rings. The summed E-state index contributed by atoms with van der Waals surface area (Å²) in [4.78, 5) is 11.6. The number of carbonyl (C=O) groups is 1. The summed E-state index contributed by atoms with van der Waals surface area (Å²) in [5.41, 5.74) is 1.22. The molecule has 0 saturated heterocycles. The molecule has 1 rings (SSSR count). The number of halogens is 1. The van der Waals surface area contributed by atoms with Crippen molar-refractivity contribution in [2.24, 2.45) is 5.92 Å². The maximum absolute atomic E-state index is 11.6. The van der Waals surface area contributed by atoms with E-state index in [1.807, 2.05) is 18.2 Å². The Balaban J connectivity index is 2.17. The van der Waals surface area contributed by atoms with Gasteiger partial charge in [0.2, 0.25) is 5.91 Å². The van der Waals surface area contributed by atoms with E-state index in [0.717, 1.165) is 24.7 Å². The third-order valence-corrected chi connectivity index (χ3v) is 3.19. The first-order valence-corrected chi connectivity index (χ1v) is 7.21. The number of nitrogens with one attached hydrogen (secondary N) is 1. The van der Waals surface area contributed by atoms with Gasteiger partial charge in [0.15, 0.2) is 0 Å². The molecule has 0 aliphatic rings. The minimum Gasteiger partial charge on any atom is -0.356 e. The first-order chi connectivity index (χ1) is 8.22. The normalized spacial score (nSPS) is 12.1. The lowest BCUT2D eigenvalue weighted by Gasteiger charge is -2.10. The second-order valence-electron chi connectivity index (χ2n) is 4.37. The summed E-state index contributed by atoms with van der Waals surface area (Å²) in [5, 5.41) is 3.97. The van der Waals surface area contributed by atoms with Crippen LogP contribution in [0.25, 0.3) is 0 Å². The molecule has 0 fully saturated rings. The summed E-state index contributed by atoms with van der Waals surface area (Å²) < 4.78 is 0. The second kappa shape index (κ2) is 8.29. The topological polar surface area (TPSA) is 29.1 Å². The number of hydrogen-bond acceptors (Lipinski definition) is 1. The molecule has 1 aromatic carbocycles. The molecule has 94 valence electrons. The smallest absolute Gasteiger partial charge is 0.220 e. The number of carbonyl (C=O) groups excluding carboxylic acids is 1. The van der Waals surface area contributed by atoms with Crippen LogP contribution in [0.3, 0.4) is 0 Å². The van der Waals surface area contributed by atoms with Gasteiger partial charge in [0, 0.05) is 18.3 Å². The molecule has 1 amide bonds. The van der Waals surface area contributed by atoms with Crippen molar-refractivity contribution in [3.63, 3.8) is 0 Å². The Morgan fingerprint density at radius 2 is 2.06 bits per heavy atom. The highest BCUT2D eigenvalue weighted by Crippen LogP contribution is 2.04. The van der Waals surface area contributed by atoms with Gasteiger partial charge in [-0.1, -0.05) is 53.2 Å². The summed E-state index contributed by atoms with van der Waals surface area (Å²) in [6.07, 6.45) is 2.49. The van der Waals surface area contributed by atoms with E-state index >= 15 is 0 Å². The first kappa shape index (κ1) is 14.2. The fourth-order valence-electron chi connectivity index (χ4n) is 1.57. The zero-order valence-electron chi connectivity index (χ0n) is 10.3. The van der Waals surface area contributed by atoms with Crippen molar-refractivity contribution in [3.8, 4) is 0 Å². The highest BCUT2D eigenvalue weighted by atomic mass is 79.9. The summed E-state index contributed by atoms with van der Waals surface area (Å²) >= 11 is 3.41. The maximum atomic E-state index is 11.6. The first-order valence-electron chi connectivity index (χ1n) is 6.09. The molecule has 0 aliphatic heterocycles. The van der Waals surface area contributed by atoms with Crippen LogP contribution < -0.4 is 5.32 Å². The van der Waals surface area contributed by atoms with Gasteiger partial charge in [0.1, 0.15) is 0 Å². The molecule has 1 atom stereocenters. The van der Waals surface area contributed by atoms with Crippen molar-refractivity contribution in [2.45, 2.75) is 26.2 Å². The third-order valence-electron chi connectivity index (χ3n) is 2.73. The average molecular weight is 298 g/mol. The van der Waals surface area contributed by atoms with E-state index < -0.39 is 0 Å². The molecule has 0 spiro atoms. The lowest BCUT2D eigenvalue weighted by atomic mass is 10.1. The zero-order valence-corrected chi connectivity index (χ0v) is 11.9. The lowest BCUT2D eigenvalue weighted by Crippen LogP contribution is -2.28. The van der Waals surface area contributed by atoms with Crippen LogP contribution in [0.1, 0.15) is 25.3 Å². The Morgan fingerprint density at radius 3 is 2.71 bits per heavy atom. The Kier molecular flexibility index (Phi) is 6.94. The number of hydrogen-bond donors (Lipinski definition) is 1. The van der Waals surface area contributed by atoms with Crippen LogP contribution in [0.15, 0.2) is 30.3 Å². The van der Waals surface area contributed by atoms with Gasteiger partial charge in [-0.15, -0.1) is 0 Å². The van der Waals surface area contributed by atoms with Crippen LogP contribution >= 0.6 is 15.9 Å². The van der Waals surface area contributed by atoms with Crippen LogP contribution in [0.2, 0.25) is 0 Å². The SMILES string of the molecule is CC(CCBr)CNC(=O)CCc1ccccc1. The van der Waals surface area contributed by atoms with Gasteiger partial charge in [-0.3, -0.25) is 4.79 Å². The average Bonchev–Trinajstić information content (AvgIpc) is 2.35. The standard InChI is InChI=1S/C14H20BrNO/c1-12(9-10-15)11-16-14(17)8-7-13-5-3-2-4-6-13/h2-6,12H,7-11H2,1H3,(H,16,17). The van der Waals surface area contributed by atoms with Gasteiger partial charge in [-0.25, -0.2) is 0 Å². The van der Waals surface area contributed by atoms with Crippen molar-refractivity contribution >= 4 is 21.8 Å². The molecule has 0 aromatic heterocycles. The second-order valence-corrected chi connectivity index (χ2v) is 5.17. The summed E-state index contributed by atoms with van der Waals surface area (Å²) in [6, 6.07) is 10.1. The van der Waals surface area contributed by atoms with Crippen LogP contribution in [-0.4, -0.2) is 17.8 Å². The largest absolute Gasteiger partial charge is 0.356 e. The van der Waals surface area contributed by atoms with E-state index in [1.165, 1.54) is 5.56 Å². The molecule has 0 radical (unpaired) electrons. The van der Waals surface area contributed by atoms with Crippen LogP contribution in [0.4, 0.5) is 0 Å². The number of rotatable bonds is 7. The minimum absolute atomic E-state index is 0.148. The third kappa shape index (κ3) is 6.47. The van der Waals surface area contributed by atoms with Gasteiger partial charge in [-0.2, -0.15) is 0 Å². The van der Waals surface area contributed by atoms with Crippen LogP contribution in [0, 0.1) is 5.92 Å². The summed E-state index contributed by atoms with van der Waals surface area (Å²) in [7, 11) is 0. The minimum atomic E-state index is 0.148. The quantitative estimate of drug-likeness (QED) is 0.770. The highest BCUT2D eigenvalue weighted by Gasteiger charge is 2.05. The molecule has 0 saturated carbocycles. The number of alkyl halides is 1. The van der Waals surface area contributed by atoms with Crippen molar-refractivity contribution < 1.29 is 4.79 Å². The van der Waals surface area contributed by atoms with Gasteiger partial charge in [0.05, 0.1) is 0 Å². The molecule has 2 nitrogen and oxygen atoms in total. The maximum Gasteiger partial charge on any atom is 0.220 e. The molecule has 0 heterocycles. The number of aryl methyl sites for hydroxylation is 1. The molecule has 0 aliphatic carbocycles. The Bertz CT molecular complexity index is 326. The van der Waals surface area contributed by atoms with Gasteiger partial charge in [0.25, 0.3) is 0 Å². The van der Waals surface area contributed by atoms with E-state index in [1.54, 1.807) is 0 Å². The number of amides is 1. The summed E-state index contributed by atoms with van der Waals surface area (Å²) in [6.45, 7) is 2.93. The number of benzene rings is 1. The molecular formula is C14H20BrNO. The van der Waals surface area contributed by atoms with Crippen molar-refractivity contribution in [2.75, 3.05) is 11.9 Å². The van der Waals surface area contributed by atoms with E-state index in [9.17, 15) is 4.79 Å². The zero-order chi connectivity index (χ0) is 12.5. The Morgan fingerprint density at radius 1 is 1.35 bits per heavy atom. The van der Waals surface area contributed by atoms with Gasteiger partial charge < -0.3 is 5.32 Å². The Hall–Kier alpha value is -0.830. The van der Waals surface area contributed by atoms with Crippen molar-refractivity contribution in [1.82, 2.24) is 5.32 Å². The fraction of sp³-hybridized carbons (Fsp3) is 0.500. The molecule has 1 unspecified atom stereocenters. The van der Waals surface area contributed by atoms with E-state index in [0.29, 0.717) is 12.3 Å². The van der Waals surface area contributed by atoms with Crippen LogP contribution in [-0.2, 0) is 11.2 Å². The lowest BCUT2D eigenvalue weighted by molar-refractivity contribution is -0.121. The molecular weight excluding hydrogens is 278 g/mol. The fourth-order valence-corrected chi connectivity index (χ4v) is 2.35. The van der Waals surface area contributed by atoms with Crippen LogP contribution in [0.5, 0.6) is 0 Å². The molecule has 1 N–H and O–H groups in total. The predicted octanol–water partition coefficient (Wildman–Crippen LogP) is 3.16. The van der Waals surface area contributed by atoms with Crippen molar-refractivity contribution in [1.29, 1.82) is 0 Å².